The minimum absolute atomic E-state index is 0.332. The minimum Gasteiger partial charge on any atom is -0.462 e. The van der Waals surface area contributed by atoms with Crippen LogP contribution in [0.25, 0.3) is 11.1 Å². The van der Waals surface area contributed by atoms with Crippen molar-refractivity contribution in [2.75, 3.05) is 6.61 Å². The molecule has 0 amide bonds. The molecule has 0 fully saturated rings. The molecule has 4 nitrogen and oxygen atoms in total. The van der Waals surface area contributed by atoms with Crippen LogP contribution in [0.1, 0.15) is 17.3 Å². The van der Waals surface area contributed by atoms with E-state index in [2.05, 4.69) is 9.97 Å². The number of nitrogens with zero attached hydrogens (tertiary/aromatic N) is 2. The Morgan fingerprint density at radius 3 is 2.59 bits per heavy atom. The van der Waals surface area contributed by atoms with Crippen LogP contribution in [0.4, 0.5) is 0 Å². The third kappa shape index (κ3) is 2.47. The summed E-state index contributed by atoms with van der Waals surface area (Å²) >= 11 is 0. The number of ether oxygens (including phenoxy) is 1. The lowest BCUT2D eigenvalue weighted by Gasteiger charge is -2.07. The van der Waals surface area contributed by atoms with Crippen molar-refractivity contribution in [2.24, 2.45) is 0 Å². The summed E-state index contributed by atoms with van der Waals surface area (Å²) in [5.41, 5.74) is 2.18. The topological polar surface area (TPSA) is 52.1 Å². The molecule has 0 aliphatic carbocycles. The molecule has 0 aromatic carbocycles. The van der Waals surface area contributed by atoms with E-state index < -0.39 is 0 Å². The van der Waals surface area contributed by atoms with E-state index in [0.717, 1.165) is 11.1 Å². The molecule has 0 unspecified atom stereocenters. The van der Waals surface area contributed by atoms with E-state index in [4.69, 9.17) is 4.74 Å². The Morgan fingerprint density at radius 2 is 1.88 bits per heavy atom. The molecule has 0 bridgehead atoms. The van der Waals surface area contributed by atoms with Crippen molar-refractivity contribution in [3.05, 3.63) is 48.5 Å². The molecule has 2 aromatic rings. The Labute approximate surface area is 99.3 Å². The Hall–Kier alpha value is -2.23. The van der Waals surface area contributed by atoms with Crippen LogP contribution < -0.4 is 0 Å². The van der Waals surface area contributed by atoms with Gasteiger partial charge in [0.1, 0.15) is 0 Å². The highest BCUT2D eigenvalue weighted by Gasteiger charge is 2.13. The van der Waals surface area contributed by atoms with Gasteiger partial charge in [-0.1, -0.05) is 0 Å². The summed E-state index contributed by atoms with van der Waals surface area (Å²) in [6, 6.07) is 5.33. The maximum absolute atomic E-state index is 11.8. The number of esters is 1. The molecule has 0 aliphatic heterocycles. The molecule has 86 valence electrons. The van der Waals surface area contributed by atoms with Crippen LogP contribution in [-0.2, 0) is 4.74 Å². The smallest absolute Gasteiger partial charge is 0.338 e. The summed E-state index contributed by atoms with van der Waals surface area (Å²) in [6.45, 7) is 2.14. The quantitative estimate of drug-likeness (QED) is 0.756. The van der Waals surface area contributed by atoms with Crippen LogP contribution >= 0.6 is 0 Å². The van der Waals surface area contributed by atoms with Gasteiger partial charge in [-0.2, -0.15) is 0 Å². The lowest BCUT2D eigenvalue weighted by Crippen LogP contribution is -2.06. The predicted molar refractivity (Wildman–Crippen MR) is 63.4 cm³/mol. The minimum atomic E-state index is -0.332. The zero-order chi connectivity index (χ0) is 12.1. The average molecular weight is 228 g/mol. The first-order valence-electron chi connectivity index (χ1n) is 5.34. The van der Waals surface area contributed by atoms with Crippen LogP contribution in [0, 0.1) is 0 Å². The summed E-state index contributed by atoms with van der Waals surface area (Å²) in [6.07, 6.45) is 6.59. The molecular formula is C13H12N2O2. The molecule has 0 atom stereocenters. The molecule has 0 saturated carbocycles. The van der Waals surface area contributed by atoms with Crippen LogP contribution in [0.2, 0.25) is 0 Å². The van der Waals surface area contributed by atoms with Crippen LogP contribution in [-0.4, -0.2) is 22.5 Å². The fourth-order valence-corrected chi connectivity index (χ4v) is 1.54. The van der Waals surface area contributed by atoms with Gasteiger partial charge in [0.15, 0.2) is 0 Å². The van der Waals surface area contributed by atoms with Gasteiger partial charge in [0.25, 0.3) is 0 Å². The standard InChI is InChI=1S/C13H12N2O2/c1-2-17-13(16)11-5-8-15-9-12(11)10-3-6-14-7-4-10/h3-9H,2H2,1H3. The second-order valence-corrected chi connectivity index (χ2v) is 3.38. The zero-order valence-corrected chi connectivity index (χ0v) is 9.46. The first kappa shape index (κ1) is 11.3. The number of aromatic nitrogens is 2. The largest absolute Gasteiger partial charge is 0.462 e. The Kier molecular flexibility index (Phi) is 3.45. The molecular weight excluding hydrogens is 216 g/mol. The van der Waals surface area contributed by atoms with E-state index in [0.29, 0.717) is 12.2 Å². The van der Waals surface area contributed by atoms with Gasteiger partial charge in [-0.3, -0.25) is 9.97 Å². The van der Waals surface area contributed by atoms with Crippen molar-refractivity contribution in [1.82, 2.24) is 9.97 Å². The summed E-state index contributed by atoms with van der Waals surface area (Å²) in [4.78, 5) is 19.8. The second-order valence-electron chi connectivity index (χ2n) is 3.38. The van der Waals surface area contributed by atoms with Crippen LogP contribution in [0.3, 0.4) is 0 Å². The SMILES string of the molecule is CCOC(=O)c1ccncc1-c1ccncc1. The van der Waals surface area contributed by atoms with Crippen molar-refractivity contribution in [2.45, 2.75) is 6.92 Å². The van der Waals surface area contributed by atoms with Crippen molar-refractivity contribution in [3.8, 4) is 11.1 Å². The number of rotatable bonds is 3. The Balaban J connectivity index is 2.45. The van der Waals surface area contributed by atoms with Gasteiger partial charge >= 0.3 is 5.97 Å². The fourth-order valence-electron chi connectivity index (χ4n) is 1.54. The van der Waals surface area contributed by atoms with E-state index in [1.54, 1.807) is 37.8 Å². The Bertz CT molecular complexity index is 512. The van der Waals surface area contributed by atoms with Gasteiger partial charge in [-0.25, -0.2) is 4.79 Å². The molecule has 0 spiro atoms. The van der Waals surface area contributed by atoms with Crippen LogP contribution in [0.5, 0.6) is 0 Å². The van der Waals surface area contributed by atoms with Crippen molar-refractivity contribution in [1.29, 1.82) is 0 Å². The summed E-state index contributed by atoms with van der Waals surface area (Å²) in [5, 5.41) is 0. The zero-order valence-electron chi connectivity index (χ0n) is 9.46. The lowest BCUT2D eigenvalue weighted by molar-refractivity contribution is 0.0527. The van der Waals surface area contributed by atoms with Gasteiger partial charge in [0, 0.05) is 30.4 Å². The average Bonchev–Trinajstić information content (AvgIpc) is 2.40. The van der Waals surface area contributed by atoms with Crippen LogP contribution in [0.15, 0.2) is 43.0 Å². The fraction of sp³-hybridized carbons (Fsp3) is 0.154. The second kappa shape index (κ2) is 5.21. The summed E-state index contributed by atoms with van der Waals surface area (Å²) in [5.74, 6) is -0.332. The maximum Gasteiger partial charge on any atom is 0.338 e. The number of carbonyl (C=O) groups excluding carboxylic acids is 1. The monoisotopic (exact) mass is 228 g/mol. The Morgan fingerprint density at radius 1 is 1.18 bits per heavy atom. The first-order chi connectivity index (χ1) is 8.33. The van der Waals surface area contributed by atoms with E-state index in [1.807, 2.05) is 12.1 Å². The normalized spacial score (nSPS) is 9.94. The van der Waals surface area contributed by atoms with Gasteiger partial charge in [-0.15, -0.1) is 0 Å². The summed E-state index contributed by atoms with van der Waals surface area (Å²) in [7, 11) is 0. The molecule has 2 heterocycles. The molecule has 2 rings (SSSR count). The number of hydrogen-bond donors (Lipinski definition) is 0. The molecule has 4 heteroatoms. The highest BCUT2D eigenvalue weighted by atomic mass is 16.5. The van der Waals surface area contributed by atoms with Gasteiger partial charge < -0.3 is 4.74 Å². The molecule has 2 aromatic heterocycles. The van der Waals surface area contributed by atoms with E-state index >= 15 is 0 Å². The van der Waals surface area contributed by atoms with E-state index in [9.17, 15) is 4.79 Å². The highest BCUT2D eigenvalue weighted by molar-refractivity contribution is 5.96. The first-order valence-corrected chi connectivity index (χ1v) is 5.34. The third-order valence-corrected chi connectivity index (χ3v) is 2.31. The van der Waals surface area contributed by atoms with E-state index in [1.165, 1.54) is 0 Å². The van der Waals surface area contributed by atoms with Crippen molar-refractivity contribution >= 4 is 5.97 Å². The molecule has 0 radical (unpaired) electrons. The third-order valence-electron chi connectivity index (χ3n) is 2.31. The van der Waals surface area contributed by atoms with Gasteiger partial charge in [-0.05, 0) is 30.7 Å². The summed E-state index contributed by atoms with van der Waals surface area (Å²) < 4.78 is 5.01. The maximum atomic E-state index is 11.8. The lowest BCUT2D eigenvalue weighted by atomic mass is 10.0. The molecule has 0 N–H and O–H groups in total. The number of pyridine rings is 2. The molecule has 0 aliphatic rings. The van der Waals surface area contributed by atoms with E-state index in [-0.39, 0.29) is 5.97 Å². The molecule has 0 saturated heterocycles. The van der Waals surface area contributed by atoms with Crippen molar-refractivity contribution in [3.63, 3.8) is 0 Å². The molecule has 17 heavy (non-hydrogen) atoms. The van der Waals surface area contributed by atoms with Crippen molar-refractivity contribution < 1.29 is 9.53 Å². The number of carbonyl (C=O) groups is 1. The highest BCUT2D eigenvalue weighted by Crippen LogP contribution is 2.22. The number of hydrogen-bond acceptors (Lipinski definition) is 4. The predicted octanol–water partition coefficient (Wildman–Crippen LogP) is 2.32. The van der Waals surface area contributed by atoms with Gasteiger partial charge in [0.05, 0.1) is 12.2 Å². The van der Waals surface area contributed by atoms with Gasteiger partial charge in [0.2, 0.25) is 0 Å².